The standard InChI is InChI=1S/C19H19N3O5/c1-10-13(16(23)26-9-8-25-3)19(17(24)22(10)2)12-7-5-4-6-11(12)14-15(19)21-18(20)27-14/h4-7H,8-9H2,1-3H3,(H2,20,21)/t19-/m0/s1. The van der Waals surface area contributed by atoms with Gasteiger partial charge in [-0.1, -0.05) is 24.3 Å². The molecule has 1 aromatic heterocycles. The van der Waals surface area contributed by atoms with Crippen LogP contribution in [0.15, 0.2) is 40.0 Å². The molecule has 1 amide bonds. The molecule has 1 aliphatic heterocycles. The Morgan fingerprint density at radius 2 is 2.07 bits per heavy atom. The fourth-order valence-corrected chi connectivity index (χ4v) is 3.92. The Morgan fingerprint density at radius 1 is 1.33 bits per heavy atom. The van der Waals surface area contributed by atoms with E-state index < -0.39 is 11.4 Å². The van der Waals surface area contributed by atoms with Crippen LogP contribution in [-0.2, 0) is 24.5 Å². The maximum atomic E-state index is 13.4. The van der Waals surface area contributed by atoms with Crippen molar-refractivity contribution in [3.8, 4) is 11.3 Å². The molecule has 4 rings (SSSR count). The molecular formula is C19H19N3O5. The van der Waals surface area contributed by atoms with Crippen LogP contribution in [0.3, 0.4) is 0 Å². The van der Waals surface area contributed by atoms with Gasteiger partial charge in [0.1, 0.15) is 12.3 Å². The van der Waals surface area contributed by atoms with Gasteiger partial charge < -0.3 is 24.5 Å². The summed E-state index contributed by atoms with van der Waals surface area (Å²) in [7, 11) is 3.14. The summed E-state index contributed by atoms with van der Waals surface area (Å²) in [5.41, 5.74) is 6.75. The number of amides is 1. The summed E-state index contributed by atoms with van der Waals surface area (Å²) in [6, 6.07) is 7.21. The van der Waals surface area contributed by atoms with E-state index >= 15 is 0 Å². The lowest BCUT2D eigenvalue weighted by molar-refractivity contribution is -0.142. The number of hydrogen-bond acceptors (Lipinski definition) is 7. The molecule has 140 valence electrons. The number of nitrogens with zero attached hydrogens (tertiary/aromatic N) is 2. The van der Waals surface area contributed by atoms with Crippen molar-refractivity contribution in [3.05, 3.63) is 46.8 Å². The number of fused-ring (bicyclic) bond motifs is 5. The van der Waals surface area contributed by atoms with Crippen molar-refractivity contribution in [2.24, 2.45) is 0 Å². The minimum Gasteiger partial charge on any atom is -0.460 e. The zero-order chi connectivity index (χ0) is 19.3. The molecule has 1 atom stereocenters. The van der Waals surface area contributed by atoms with Crippen molar-refractivity contribution in [2.45, 2.75) is 12.3 Å². The number of esters is 1. The number of carbonyl (C=O) groups is 2. The first kappa shape index (κ1) is 17.3. The van der Waals surface area contributed by atoms with Gasteiger partial charge in [0.25, 0.3) is 6.01 Å². The number of benzene rings is 1. The molecular weight excluding hydrogens is 350 g/mol. The van der Waals surface area contributed by atoms with Gasteiger partial charge in [0.15, 0.2) is 11.2 Å². The average molecular weight is 369 g/mol. The molecule has 0 unspecified atom stereocenters. The minimum absolute atomic E-state index is 0.0546. The van der Waals surface area contributed by atoms with E-state index in [2.05, 4.69) is 4.98 Å². The molecule has 0 bridgehead atoms. The molecule has 2 aromatic rings. The van der Waals surface area contributed by atoms with Crippen LogP contribution in [0.4, 0.5) is 6.01 Å². The summed E-state index contributed by atoms with van der Waals surface area (Å²) in [5, 5.41) is 0. The summed E-state index contributed by atoms with van der Waals surface area (Å²) in [6.45, 7) is 2.05. The second-order valence-corrected chi connectivity index (χ2v) is 6.48. The van der Waals surface area contributed by atoms with Gasteiger partial charge in [-0.2, -0.15) is 4.98 Å². The second kappa shape index (κ2) is 5.95. The Hall–Kier alpha value is -3.13. The fraction of sp³-hybridized carbons (Fsp3) is 0.316. The van der Waals surface area contributed by atoms with Gasteiger partial charge in [-0.05, 0) is 12.5 Å². The third-order valence-corrected chi connectivity index (χ3v) is 5.16. The normalized spacial score (nSPS) is 20.4. The molecule has 8 heteroatoms. The van der Waals surface area contributed by atoms with E-state index in [0.717, 1.165) is 0 Å². The van der Waals surface area contributed by atoms with Crippen molar-refractivity contribution < 1.29 is 23.5 Å². The van der Waals surface area contributed by atoms with Crippen LogP contribution in [0, 0.1) is 0 Å². The number of nitrogen functional groups attached to an aromatic ring is 1. The van der Waals surface area contributed by atoms with E-state index in [0.29, 0.717) is 28.3 Å². The number of allylic oxidation sites excluding steroid dienone is 1. The number of oxazole rings is 1. The largest absolute Gasteiger partial charge is 0.460 e. The highest BCUT2D eigenvalue weighted by molar-refractivity contribution is 6.14. The summed E-state index contributed by atoms with van der Waals surface area (Å²) in [4.78, 5) is 32.2. The molecule has 8 nitrogen and oxygen atoms in total. The zero-order valence-corrected chi connectivity index (χ0v) is 15.2. The first-order chi connectivity index (χ1) is 12.9. The number of hydrogen-bond donors (Lipinski definition) is 1. The monoisotopic (exact) mass is 369 g/mol. The number of methoxy groups -OCH3 is 1. The number of ether oxygens (including phenoxy) is 2. The van der Waals surface area contributed by atoms with Crippen LogP contribution in [0.25, 0.3) is 11.3 Å². The summed E-state index contributed by atoms with van der Waals surface area (Å²) >= 11 is 0. The topological polar surface area (TPSA) is 108 Å². The van der Waals surface area contributed by atoms with Crippen molar-refractivity contribution in [1.82, 2.24) is 9.88 Å². The molecule has 1 spiro atoms. The van der Waals surface area contributed by atoms with Crippen molar-refractivity contribution >= 4 is 17.9 Å². The summed E-state index contributed by atoms with van der Waals surface area (Å²) in [6.07, 6.45) is 0. The van der Waals surface area contributed by atoms with Gasteiger partial charge in [-0.3, -0.25) is 4.79 Å². The van der Waals surface area contributed by atoms with Gasteiger partial charge >= 0.3 is 5.97 Å². The van der Waals surface area contributed by atoms with Gasteiger partial charge in [0.2, 0.25) is 5.91 Å². The molecule has 27 heavy (non-hydrogen) atoms. The number of aromatic nitrogens is 1. The SMILES string of the molecule is COCCOC(=O)C1=C(C)N(C)C(=O)[C@@]12c1ccccc1-c1oc(N)nc12. The highest BCUT2D eigenvalue weighted by Gasteiger charge is 2.63. The smallest absolute Gasteiger partial charge is 0.337 e. The Morgan fingerprint density at radius 3 is 2.81 bits per heavy atom. The molecule has 0 saturated heterocycles. The average Bonchev–Trinajstić information content (AvgIpc) is 3.22. The van der Waals surface area contributed by atoms with E-state index in [4.69, 9.17) is 19.6 Å². The van der Waals surface area contributed by atoms with Gasteiger partial charge in [0, 0.05) is 25.4 Å². The maximum Gasteiger partial charge on any atom is 0.337 e. The predicted molar refractivity (Wildman–Crippen MR) is 95.4 cm³/mol. The Balaban J connectivity index is 1.97. The summed E-state index contributed by atoms with van der Waals surface area (Å²) in [5.74, 6) is -0.480. The fourth-order valence-electron chi connectivity index (χ4n) is 3.92. The highest BCUT2D eigenvalue weighted by atomic mass is 16.6. The third kappa shape index (κ3) is 2.10. The van der Waals surface area contributed by atoms with Gasteiger partial charge in [-0.25, -0.2) is 4.79 Å². The van der Waals surface area contributed by atoms with Crippen LogP contribution in [0.1, 0.15) is 18.2 Å². The van der Waals surface area contributed by atoms with Crippen LogP contribution in [-0.4, -0.2) is 49.1 Å². The van der Waals surface area contributed by atoms with Crippen LogP contribution in [0.5, 0.6) is 0 Å². The molecule has 0 saturated carbocycles. The number of anilines is 1. The lowest BCUT2D eigenvalue weighted by Crippen LogP contribution is -2.41. The predicted octanol–water partition coefficient (Wildman–Crippen LogP) is 1.46. The molecule has 2 N–H and O–H groups in total. The van der Waals surface area contributed by atoms with Crippen molar-refractivity contribution in [2.75, 3.05) is 33.1 Å². The Labute approximate surface area is 155 Å². The minimum atomic E-state index is -1.42. The van der Waals surface area contributed by atoms with E-state index in [1.54, 1.807) is 20.0 Å². The first-order valence-electron chi connectivity index (χ1n) is 8.46. The maximum absolute atomic E-state index is 13.4. The van der Waals surface area contributed by atoms with E-state index in [1.165, 1.54) is 12.0 Å². The molecule has 2 aliphatic rings. The number of likely N-dealkylation sites (N-methyl/N-ethyl adjacent to an activating group) is 1. The van der Waals surface area contributed by atoms with Crippen LogP contribution in [0.2, 0.25) is 0 Å². The first-order valence-corrected chi connectivity index (χ1v) is 8.46. The van der Waals surface area contributed by atoms with E-state index in [-0.39, 0.29) is 30.7 Å². The van der Waals surface area contributed by atoms with Gasteiger partial charge in [-0.15, -0.1) is 0 Å². The molecule has 1 aromatic carbocycles. The second-order valence-electron chi connectivity index (χ2n) is 6.48. The number of carbonyl (C=O) groups excluding carboxylic acids is 2. The quantitative estimate of drug-likeness (QED) is 0.642. The molecule has 0 radical (unpaired) electrons. The zero-order valence-electron chi connectivity index (χ0n) is 15.2. The Kier molecular flexibility index (Phi) is 3.81. The lowest BCUT2D eigenvalue weighted by Gasteiger charge is -2.25. The summed E-state index contributed by atoms with van der Waals surface area (Å²) < 4.78 is 15.9. The molecule has 0 fully saturated rings. The van der Waals surface area contributed by atoms with Gasteiger partial charge in [0.05, 0.1) is 12.2 Å². The third-order valence-electron chi connectivity index (χ3n) is 5.16. The van der Waals surface area contributed by atoms with Crippen molar-refractivity contribution in [3.63, 3.8) is 0 Å². The van der Waals surface area contributed by atoms with Crippen molar-refractivity contribution in [1.29, 1.82) is 0 Å². The van der Waals surface area contributed by atoms with E-state index in [9.17, 15) is 9.59 Å². The number of rotatable bonds is 4. The molecule has 1 aliphatic carbocycles. The van der Waals surface area contributed by atoms with Crippen LogP contribution < -0.4 is 5.73 Å². The Bertz CT molecular complexity index is 993. The lowest BCUT2D eigenvalue weighted by atomic mass is 9.74. The highest BCUT2D eigenvalue weighted by Crippen LogP contribution is 2.57. The van der Waals surface area contributed by atoms with Crippen LogP contribution >= 0.6 is 0 Å². The molecule has 2 heterocycles. The van der Waals surface area contributed by atoms with E-state index in [1.807, 2.05) is 18.2 Å². The number of nitrogens with two attached hydrogens (primary N) is 1.